The average Bonchev–Trinajstić information content (AvgIpc) is 2.52. The molecule has 1 N–H and O–H groups in total. The number of benzene rings is 2. The van der Waals surface area contributed by atoms with Crippen LogP contribution in [0.1, 0.15) is 16.7 Å². The third kappa shape index (κ3) is 4.73. The third-order valence-electron chi connectivity index (χ3n) is 3.27. The molecule has 0 aliphatic heterocycles. The summed E-state index contributed by atoms with van der Waals surface area (Å²) < 4.78 is 102. The summed E-state index contributed by atoms with van der Waals surface area (Å²) in [6.45, 7) is -0.654. The second-order valence-corrected chi connectivity index (χ2v) is 6.77. The van der Waals surface area contributed by atoms with Crippen LogP contribution < -0.4 is 4.72 Å². The van der Waals surface area contributed by atoms with Gasteiger partial charge in [-0.25, -0.2) is 13.1 Å². The Morgan fingerprint density at radius 1 is 0.800 bits per heavy atom. The van der Waals surface area contributed by atoms with Gasteiger partial charge in [0.1, 0.15) is 0 Å². The third-order valence-corrected chi connectivity index (χ3v) is 4.68. The van der Waals surface area contributed by atoms with Crippen LogP contribution >= 0.6 is 0 Å². The Balaban J connectivity index is 2.21. The van der Waals surface area contributed by atoms with Crippen molar-refractivity contribution in [3.05, 3.63) is 65.2 Å². The lowest BCUT2D eigenvalue weighted by Crippen LogP contribution is -2.25. The van der Waals surface area contributed by atoms with Gasteiger partial charge in [-0.3, -0.25) is 0 Å². The maximum atomic E-state index is 12.9. The van der Waals surface area contributed by atoms with Gasteiger partial charge in [-0.2, -0.15) is 26.3 Å². The molecule has 10 heteroatoms. The Hall–Kier alpha value is -2.07. The van der Waals surface area contributed by atoms with E-state index in [1.54, 1.807) is 0 Å². The first-order valence-electron chi connectivity index (χ1n) is 6.73. The lowest BCUT2D eigenvalue weighted by molar-refractivity contribution is -0.138. The van der Waals surface area contributed by atoms with E-state index in [9.17, 15) is 34.8 Å². The molecule has 0 saturated carbocycles. The molecular formula is C15H11F6NO2S. The molecule has 3 nitrogen and oxygen atoms in total. The van der Waals surface area contributed by atoms with Crippen LogP contribution in [0.3, 0.4) is 0 Å². The first kappa shape index (κ1) is 19.3. The number of nitrogens with one attached hydrogen (secondary N) is 1. The van der Waals surface area contributed by atoms with Gasteiger partial charge in [0.05, 0.1) is 16.0 Å². The smallest absolute Gasteiger partial charge is 0.207 e. The standard InChI is InChI=1S/C15H11F6NO2S/c16-14(17,18)11-5-7-12(8-6-11)25(23,24)22-9-10-3-1-2-4-13(10)15(19,20)21/h1-8,22H,9H2. The predicted octanol–water partition coefficient (Wildman–Crippen LogP) is 4.20. The molecule has 0 fully saturated rings. The van der Waals surface area contributed by atoms with E-state index in [1.165, 1.54) is 6.07 Å². The Kier molecular flexibility index (Phi) is 5.14. The summed E-state index contributed by atoms with van der Waals surface area (Å²) in [5.41, 5.74) is -2.33. The van der Waals surface area contributed by atoms with Gasteiger partial charge in [-0.15, -0.1) is 0 Å². The van der Waals surface area contributed by atoms with Crippen molar-refractivity contribution in [3.8, 4) is 0 Å². The minimum Gasteiger partial charge on any atom is -0.207 e. The number of sulfonamides is 1. The maximum Gasteiger partial charge on any atom is 0.416 e. The fourth-order valence-corrected chi connectivity index (χ4v) is 3.04. The number of hydrogen-bond donors (Lipinski definition) is 1. The Morgan fingerprint density at radius 3 is 1.88 bits per heavy atom. The van der Waals surface area contributed by atoms with Gasteiger partial charge in [-0.05, 0) is 35.9 Å². The van der Waals surface area contributed by atoms with Gasteiger partial charge < -0.3 is 0 Å². The highest BCUT2D eigenvalue weighted by Crippen LogP contribution is 2.32. The molecule has 0 bridgehead atoms. The van der Waals surface area contributed by atoms with Crippen LogP contribution in [-0.2, 0) is 28.9 Å². The lowest BCUT2D eigenvalue weighted by Gasteiger charge is -2.14. The first-order chi connectivity index (χ1) is 11.4. The molecule has 0 atom stereocenters. The molecule has 0 amide bonds. The molecule has 0 heterocycles. The van der Waals surface area contributed by atoms with E-state index in [-0.39, 0.29) is 5.56 Å². The quantitative estimate of drug-likeness (QED) is 0.805. The van der Waals surface area contributed by atoms with Gasteiger partial charge in [0.15, 0.2) is 0 Å². The van der Waals surface area contributed by atoms with Gasteiger partial charge in [-0.1, -0.05) is 18.2 Å². The molecule has 2 aromatic rings. The zero-order chi connectivity index (χ0) is 18.9. The predicted molar refractivity (Wildman–Crippen MR) is 76.9 cm³/mol. The number of halogens is 6. The Labute approximate surface area is 139 Å². The van der Waals surface area contributed by atoms with E-state index in [0.29, 0.717) is 12.1 Å². The summed E-state index contributed by atoms with van der Waals surface area (Å²) in [6, 6.07) is 7.03. The monoisotopic (exact) mass is 383 g/mol. The zero-order valence-corrected chi connectivity index (χ0v) is 13.1. The highest BCUT2D eigenvalue weighted by Gasteiger charge is 2.33. The molecule has 2 rings (SSSR count). The highest BCUT2D eigenvalue weighted by molar-refractivity contribution is 7.89. The molecule has 0 saturated heterocycles. The van der Waals surface area contributed by atoms with E-state index in [0.717, 1.165) is 30.3 Å². The summed E-state index contributed by atoms with van der Waals surface area (Å²) in [5, 5.41) is 0. The van der Waals surface area contributed by atoms with Crippen molar-refractivity contribution in [1.82, 2.24) is 4.72 Å². The van der Waals surface area contributed by atoms with Gasteiger partial charge in [0.2, 0.25) is 10.0 Å². The summed E-state index contributed by atoms with van der Waals surface area (Å²) in [7, 11) is -4.27. The average molecular weight is 383 g/mol. The van der Waals surface area contributed by atoms with Crippen molar-refractivity contribution < 1.29 is 34.8 Å². The molecule has 0 radical (unpaired) electrons. The van der Waals surface area contributed by atoms with Crippen molar-refractivity contribution >= 4 is 10.0 Å². The van der Waals surface area contributed by atoms with Crippen LogP contribution in [0.5, 0.6) is 0 Å². The van der Waals surface area contributed by atoms with E-state index in [1.807, 2.05) is 4.72 Å². The SMILES string of the molecule is O=S(=O)(NCc1ccccc1C(F)(F)F)c1ccc(C(F)(F)F)cc1. The van der Waals surface area contributed by atoms with E-state index < -0.39 is 44.9 Å². The first-order valence-corrected chi connectivity index (χ1v) is 8.21. The molecule has 136 valence electrons. The van der Waals surface area contributed by atoms with Crippen LogP contribution in [-0.4, -0.2) is 8.42 Å². The van der Waals surface area contributed by atoms with Gasteiger partial charge in [0.25, 0.3) is 0 Å². The topological polar surface area (TPSA) is 46.2 Å². The van der Waals surface area contributed by atoms with Crippen LogP contribution in [0.15, 0.2) is 53.4 Å². The largest absolute Gasteiger partial charge is 0.416 e. The molecule has 25 heavy (non-hydrogen) atoms. The maximum absolute atomic E-state index is 12.9. The van der Waals surface area contributed by atoms with Crippen molar-refractivity contribution in [2.24, 2.45) is 0 Å². The fraction of sp³-hybridized carbons (Fsp3) is 0.200. The second-order valence-electron chi connectivity index (χ2n) is 5.00. The zero-order valence-electron chi connectivity index (χ0n) is 12.3. The Morgan fingerprint density at radius 2 is 1.36 bits per heavy atom. The molecule has 0 aromatic heterocycles. The van der Waals surface area contributed by atoms with E-state index >= 15 is 0 Å². The van der Waals surface area contributed by atoms with E-state index in [2.05, 4.69) is 0 Å². The molecule has 0 aliphatic carbocycles. The van der Waals surface area contributed by atoms with Crippen molar-refractivity contribution in [2.45, 2.75) is 23.8 Å². The Bertz CT molecular complexity index is 842. The van der Waals surface area contributed by atoms with Crippen molar-refractivity contribution in [1.29, 1.82) is 0 Å². The summed E-state index contributed by atoms with van der Waals surface area (Å²) in [5.74, 6) is 0. The van der Waals surface area contributed by atoms with Crippen LogP contribution in [0, 0.1) is 0 Å². The summed E-state index contributed by atoms with van der Waals surface area (Å²) in [6.07, 6.45) is -9.28. The second kappa shape index (κ2) is 6.68. The lowest BCUT2D eigenvalue weighted by atomic mass is 10.1. The molecular weight excluding hydrogens is 372 g/mol. The van der Waals surface area contributed by atoms with E-state index in [4.69, 9.17) is 0 Å². The minimum absolute atomic E-state index is 0.300. The molecule has 0 unspecified atom stereocenters. The summed E-state index contributed by atoms with van der Waals surface area (Å²) >= 11 is 0. The normalized spacial score (nSPS) is 13.0. The summed E-state index contributed by atoms with van der Waals surface area (Å²) in [4.78, 5) is -0.481. The number of alkyl halides is 6. The highest BCUT2D eigenvalue weighted by atomic mass is 32.2. The van der Waals surface area contributed by atoms with Gasteiger partial charge in [0, 0.05) is 6.54 Å². The van der Waals surface area contributed by atoms with Crippen LogP contribution in [0.4, 0.5) is 26.3 Å². The molecule has 2 aromatic carbocycles. The fourth-order valence-electron chi connectivity index (χ4n) is 2.03. The molecule has 0 spiro atoms. The number of hydrogen-bond acceptors (Lipinski definition) is 2. The van der Waals surface area contributed by atoms with Crippen molar-refractivity contribution in [3.63, 3.8) is 0 Å². The van der Waals surface area contributed by atoms with Crippen LogP contribution in [0.2, 0.25) is 0 Å². The minimum atomic E-state index is -4.66. The number of rotatable bonds is 4. The van der Waals surface area contributed by atoms with Crippen LogP contribution in [0.25, 0.3) is 0 Å². The molecule has 0 aliphatic rings. The van der Waals surface area contributed by atoms with Crippen molar-refractivity contribution in [2.75, 3.05) is 0 Å². The van der Waals surface area contributed by atoms with Gasteiger partial charge >= 0.3 is 12.4 Å².